The SMILES string of the molecule is N#CC1(c2cn(C(=O)O)c3ccc(C(=O)O)cc23)CCC1. The third-order valence-electron chi connectivity index (χ3n) is 4.19. The smallest absolute Gasteiger partial charge is 0.416 e. The van der Waals surface area contributed by atoms with Crippen LogP contribution in [0.15, 0.2) is 24.4 Å². The van der Waals surface area contributed by atoms with Gasteiger partial charge < -0.3 is 10.2 Å². The van der Waals surface area contributed by atoms with Crippen molar-refractivity contribution >= 4 is 23.0 Å². The fraction of sp³-hybridized carbons (Fsp3) is 0.267. The highest BCUT2D eigenvalue weighted by Gasteiger charge is 2.41. The topological polar surface area (TPSA) is 103 Å². The van der Waals surface area contributed by atoms with Crippen molar-refractivity contribution in [3.8, 4) is 6.07 Å². The Morgan fingerprint density at radius 3 is 2.48 bits per heavy atom. The number of hydrogen-bond acceptors (Lipinski definition) is 3. The van der Waals surface area contributed by atoms with Gasteiger partial charge in [0.05, 0.1) is 22.6 Å². The average Bonchev–Trinajstić information content (AvgIpc) is 2.78. The summed E-state index contributed by atoms with van der Waals surface area (Å²) in [5.74, 6) is -1.08. The minimum absolute atomic E-state index is 0.0827. The Morgan fingerprint density at radius 1 is 1.29 bits per heavy atom. The molecule has 6 heteroatoms. The number of fused-ring (bicyclic) bond motifs is 1. The van der Waals surface area contributed by atoms with E-state index in [0.29, 0.717) is 29.3 Å². The minimum atomic E-state index is -1.15. The first kappa shape index (κ1) is 13.2. The van der Waals surface area contributed by atoms with Crippen molar-refractivity contribution in [1.82, 2.24) is 4.57 Å². The Hall–Kier alpha value is -2.81. The summed E-state index contributed by atoms with van der Waals surface area (Å²) in [6.07, 6.45) is 2.54. The van der Waals surface area contributed by atoms with Crippen LogP contribution in [-0.2, 0) is 5.41 Å². The zero-order chi connectivity index (χ0) is 15.2. The van der Waals surface area contributed by atoms with E-state index in [1.807, 2.05) is 0 Å². The largest absolute Gasteiger partial charge is 0.478 e. The van der Waals surface area contributed by atoms with Crippen molar-refractivity contribution < 1.29 is 19.8 Å². The van der Waals surface area contributed by atoms with Crippen LogP contribution in [0.1, 0.15) is 35.2 Å². The summed E-state index contributed by atoms with van der Waals surface area (Å²) >= 11 is 0. The van der Waals surface area contributed by atoms with Gasteiger partial charge in [0.1, 0.15) is 0 Å². The minimum Gasteiger partial charge on any atom is -0.478 e. The second-order valence-corrected chi connectivity index (χ2v) is 5.28. The Labute approximate surface area is 119 Å². The molecule has 0 aliphatic heterocycles. The van der Waals surface area contributed by atoms with E-state index in [1.165, 1.54) is 24.4 Å². The van der Waals surface area contributed by atoms with Gasteiger partial charge in [0, 0.05) is 11.6 Å². The maximum absolute atomic E-state index is 11.3. The molecule has 0 radical (unpaired) electrons. The lowest BCUT2D eigenvalue weighted by Gasteiger charge is -2.35. The molecule has 0 saturated heterocycles. The number of benzene rings is 1. The molecule has 21 heavy (non-hydrogen) atoms. The third kappa shape index (κ3) is 1.78. The van der Waals surface area contributed by atoms with Gasteiger partial charge in [0.15, 0.2) is 0 Å². The van der Waals surface area contributed by atoms with Crippen LogP contribution in [0.3, 0.4) is 0 Å². The Morgan fingerprint density at radius 2 is 2.00 bits per heavy atom. The van der Waals surface area contributed by atoms with E-state index in [2.05, 4.69) is 6.07 Å². The van der Waals surface area contributed by atoms with Gasteiger partial charge in [-0.1, -0.05) is 0 Å². The number of carboxylic acids is 1. The van der Waals surface area contributed by atoms with E-state index in [-0.39, 0.29) is 5.56 Å². The van der Waals surface area contributed by atoms with Gasteiger partial charge in [-0.25, -0.2) is 9.59 Å². The second kappa shape index (κ2) is 4.35. The van der Waals surface area contributed by atoms with E-state index in [1.54, 1.807) is 0 Å². The molecule has 2 N–H and O–H groups in total. The summed E-state index contributed by atoms with van der Waals surface area (Å²) in [7, 11) is 0. The van der Waals surface area contributed by atoms with Gasteiger partial charge in [-0.15, -0.1) is 0 Å². The molecule has 1 aromatic carbocycles. The number of hydrogen-bond donors (Lipinski definition) is 2. The summed E-state index contributed by atoms with van der Waals surface area (Å²) in [5.41, 5.74) is 0.399. The first-order valence-corrected chi connectivity index (χ1v) is 6.52. The lowest BCUT2D eigenvalue weighted by molar-refractivity contribution is 0.0697. The van der Waals surface area contributed by atoms with E-state index < -0.39 is 17.5 Å². The lowest BCUT2D eigenvalue weighted by atomic mass is 9.65. The van der Waals surface area contributed by atoms with Gasteiger partial charge in [-0.2, -0.15) is 5.26 Å². The van der Waals surface area contributed by atoms with Crippen molar-refractivity contribution in [3.05, 3.63) is 35.5 Å². The summed E-state index contributed by atoms with van der Waals surface area (Å²) in [6, 6.07) is 6.56. The van der Waals surface area contributed by atoms with Gasteiger partial charge in [-0.3, -0.25) is 4.57 Å². The molecule has 3 rings (SSSR count). The van der Waals surface area contributed by atoms with E-state index in [9.17, 15) is 20.0 Å². The standard InChI is InChI=1S/C15H12N2O4/c16-8-15(4-1-5-15)11-7-17(14(20)21)12-3-2-9(13(18)19)6-10(11)12/h2-3,6-7H,1,4-5H2,(H,18,19)(H,20,21). The summed E-state index contributed by atoms with van der Waals surface area (Å²) in [5, 5.41) is 28.3. The number of aromatic nitrogens is 1. The van der Waals surface area contributed by atoms with Gasteiger partial charge >= 0.3 is 12.1 Å². The summed E-state index contributed by atoms with van der Waals surface area (Å²) < 4.78 is 1.05. The maximum Gasteiger partial charge on any atom is 0.416 e. The van der Waals surface area contributed by atoms with Crippen LogP contribution < -0.4 is 0 Å². The second-order valence-electron chi connectivity index (χ2n) is 5.28. The van der Waals surface area contributed by atoms with Crippen molar-refractivity contribution in [2.75, 3.05) is 0 Å². The molecule has 6 nitrogen and oxygen atoms in total. The molecule has 0 atom stereocenters. The highest BCUT2D eigenvalue weighted by Crippen LogP contribution is 2.46. The average molecular weight is 284 g/mol. The highest BCUT2D eigenvalue weighted by molar-refractivity contribution is 5.98. The molecule has 106 valence electrons. The summed E-state index contributed by atoms with van der Waals surface area (Å²) in [6.45, 7) is 0. The molecular formula is C15H12N2O4. The summed E-state index contributed by atoms with van der Waals surface area (Å²) in [4.78, 5) is 22.4. The molecular weight excluding hydrogens is 272 g/mol. The maximum atomic E-state index is 11.3. The van der Waals surface area contributed by atoms with Gasteiger partial charge in [-0.05, 0) is 43.0 Å². The quantitative estimate of drug-likeness (QED) is 0.882. The molecule has 1 aliphatic rings. The monoisotopic (exact) mass is 284 g/mol. The van der Waals surface area contributed by atoms with Gasteiger partial charge in [0.2, 0.25) is 0 Å². The molecule has 1 aliphatic carbocycles. The molecule has 1 saturated carbocycles. The Kier molecular flexibility index (Phi) is 2.73. The normalized spacial score (nSPS) is 16.1. The molecule has 1 heterocycles. The molecule has 0 amide bonds. The number of aromatic carboxylic acids is 1. The molecule has 1 fully saturated rings. The van der Waals surface area contributed by atoms with Crippen molar-refractivity contribution in [2.45, 2.75) is 24.7 Å². The first-order chi connectivity index (χ1) is 9.98. The Balaban J connectivity index is 2.33. The van der Waals surface area contributed by atoms with E-state index in [4.69, 9.17) is 5.11 Å². The third-order valence-corrected chi connectivity index (χ3v) is 4.19. The number of carbonyl (C=O) groups is 2. The fourth-order valence-corrected chi connectivity index (χ4v) is 2.87. The predicted molar refractivity (Wildman–Crippen MR) is 73.5 cm³/mol. The van der Waals surface area contributed by atoms with Crippen molar-refractivity contribution in [1.29, 1.82) is 5.26 Å². The van der Waals surface area contributed by atoms with Crippen molar-refractivity contribution in [3.63, 3.8) is 0 Å². The van der Waals surface area contributed by atoms with Crippen LogP contribution in [0.25, 0.3) is 10.9 Å². The molecule has 0 spiro atoms. The van der Waals surface area contributed by atoms with Crippen LogP contribution in [0, 0.1) is 11.3 Å². The number of carboxylic acid groups (broad SMARTS) is 2. The fourth-order valence-electron chi connectivity index (χ4n) is 2.87. The number of rotatable bonds is 2. The van der Waals surface area contributed by atoms with Crippen LogP contribution in [0.2, 0.25) is 0 Å². The molecule has 0 bridgehead atoms. The zero-order valence-electron chi connectivity index (χ0n) is 11.0. The Bertz CT molecular complexity index is 809. The van der Waals surface area contributed by atoms with E-state index in [0.717, 1.165) is 11.0 Å². The van der Waals surface area contributed by atoms with Crippen LogP contribution in [-0.4, -0.2) is 26.8 Å². The number of nitriles is 1. The van der Waals surface area contributed by atoms with Gasteiger partial charge in [0.25, 0.3) is 0 Å². The number of nitrogens with zero attached hydrogens (tertiary/aromatic N) is 2. The molecule has 0 unspecified atom stereocenters. The first-order valence-electron chi connectivity index (χ1n) is 6.52. The van der Waals surface area contributed by atoms with Crippen LogP contribution >= 0.6 is 0 Å². The molecule has 1 aromatic heterocycles. The van der Waals surface area contributed by atoms with Crippen LogP contribution in [0.5, 0.6) is 0 Å². The van der Waals surface area contributed by atoms with E-state index >= 15 is 0 Å². The molecule has 2 aromatic rings. The lowest BCUT2D eigenvalue weighted by Crippen LogP contribution is -2.32. The highest BCUT2D eigenvalue weighted by atomic mass is 16.4. The zero-order valence-corrected chi connectivity index (χ0v) is 11.0. The predicted octanol–water partition coefficient (Wildman–Crippen LogP) is 2.81. The van der Waals surface area contributed by atoms with Crippen LogP contribution in [0.4, 0.5) is 4.79 Å². The van der Waals surface area contributed by atoms with Crippen molar-refractivity contribution in [2.24, 2.45) is 0 Å².